The summed E-state index contributed by atoms with van der Waals surface area (Å²) in [4.78, 5) is 6.45. The van der Waals surface area contributed by atoms with Crippen molar-refractivity contribution in [2.75, 3.05) is 39.5 Å². The Labute approximate surface area is 133 Å². The quantitative estimate of drug-likeness (QED) is 0.309. The van der Waals surface area contributed by atoms with E-state index in [0.29, 0.717) is 13.1 Å². The maximum atomic E-state index is 10.9. The Morgan fingerprint density at radius 3 is 2.37 bits per heavy atom. The lowest BCUT2D eigenvalue weighted by atomic mass is 10.00. The third-order valence-electron chi connectivity index (χ3n) is 3.07. The van der Waals surface area contributed by atoms with Gasteiger partial charge in [-0.3, -0.25) is 4.99 Å². The zero-order valence-electron chi connectivity index (χ0n) is 11.8. The number of nitrogens with zero attached hydrogens (tertiary/aromatic N) is 2. The van der Waals surface area contributed by atoms with Gasteiger partial charge in [0.1, 0.15) is 0 Å². The van der Waals surface area contributed by atoms with Crippen molar-refractivity contribution in [3.05, 3.63) is 0 Å². The monoisotopic (exact) mass is 404 g/mol. The predicted molar refractivity (Wildman–Crippen MR) is 89.6 cm³/mol. The van der Waals surface area contributed by atoms with Crippen molar-refractivity contribution in [2.24, 2.45) is 10.9 Å². The average molecular weight is 404 g/mol. The van der Waals surface area contributed by atoms with E-state index in [0.717, 1.165) is 31.2 Å². The molecular weight excluding hydrogens is 379 g/mol. The number of nitrogens with one attached hydrogen (secondary N) is 2. The number of hydrogen-bond donors (Lipinski definition) is 2. The van der Waals surface area contributed by atoms with Crippen LogP contribution in [-0.4, -0.2) is 58.8 Å². The van der Waals surface area contributed by atoms with Gasteiger partial charge in [0.25, 0.3) is 0 Å². The van der Waals surface area contributed by atoms with E-state index in [1.165, 1.54) is 12.8 Å². The third kappa shape index (κ3) is 7.93. The van der Waals surface area contributed by atoms with Crippen LogP contribution >= 0.6 is 24.0 Å². The molecule has 0 spiro atoms. The van der Waals surface area contributed by atoms with Crippen molar-refractivity contribution in [1.82, 2.24) is 14.9 Å². The van der Waals surface area contributed by atoms with Gasteiger partial charge in [-0.25, -0.2) is 13.1 Å². The molecule has 1 fully saturated rings. The molecule has 0 atom stereocenters. The standard InChI is InChI=1S/C11H24N4O2S.HI/c1-10-4-8-15(9-5-10)11(12-2)13-6-7-14-18(3,16)17;/h10,14H,4-9H2,1-3H3,(H,12,13);1H. The molecule has 0 aromatic carbocycles. The highest BCUT2D eigenvalue weighted by Gasteiger charge is 2.18. The van der Waals surface area contributed by atoms with E-state index in [2.05, 4.69) is 26.9 Å². The second-order valence-electron chi connectivity index (χ2n) is 4.81. The molecule has 1 rings (SSSR count). The molecule has 1 heterocycles. The summed E-state index contributed by atoms with van der Waals surface area (Å²) in [5.41, 5.74) is 0. The van der Waals surface area contributed by atoms with E-state index in [9.17, 15) is 8.42 Å². The van der Waals surface area contributed by atoms with Crippen molar-refractivity contribution in [1.29, 1.82) is 0 Å². The van der Waals surface area contributed by atoms with Crippen LogP contribution in [-0.2, 0) is 10.0 Å². The topological polar surface area (TPSA) is 73.8 Å². The van der Waals surface area contributed by atoms with Gasteiger partial charge in [-0.2, -0.15) is 0 Å². The number of halogens is 1. The Bertz CT molecular complexity index is 378. The fraction of sp³-hybridized carbons (Fsp3) is 0.909. The first kappa shape index (κ1) is 18.9. The highest BCUT2D eigenvalue weighted by molar-refractivity contribution is 14.0. The van der Waals surface area contributed by atoms with Gasteiger partial charge in [-0.1, -0.05) is 6.92 Å². The molecular formula is C11H25IN4O2S. The smallest absolute Gasteiger partial charge is 0.208 e. The van der Waals surface area contributed by atoms with E-state index >= 15 is 0 Å². The van der Waals surface area contributed by atoms with E-state index in [-0.39, 0.29) is 24.0 Å². The van der Waals surface area contributed by atoms with Crippen LogP contribution in [0.15, 0.2) is 4.99 Å². The summed E-state index contributed by atoms with van der Waals surface area (Å²) in [5, 5.41) is 3.18. The minimum absolute atomic E-state index is 0. The molecule has 0 unspecified atom stereocenters. The van der Waals surface area contributed by atoms with Gasteiger partial charge in [0.15, 0.2) is 5.96 Å². The first-order valence-electron chi connectivity index (χ1n) is 6.32. The number of rotatable bonds is 4. The van der Waals surface area contributed by atoms with Gasteiger partial charge in [0, 0.05) is 33.2 Å². The lowest BCUT2D eigenvalue weighted by Crippen LogP contribution is -2.47. The van der Waals surface area contributed by atoms with Crippen LogP contribution in [0.3, 0.4) is 0 Å². The summed E-state index contributed by atoms with van der Waals surface area (Å²) in [6.07, 6.45) is 3.53. The summed E-state index contributed by atoms with van der Waals surface area (Å²) in [6.45, 7) is 5.22. The largest absolute Gasteiger partial charge is 0.355 e. The number of guanidine groups is 1. The number of likely N-dealkylation sites (tertiary alicyclic amines) is 1. The normalized spacial score (nSPS) is 18.1. The maximum Gasteiger partial charge on any atom is 0.208 e. The molecule has 0 radical (unpaired) electrons. The van der Waals surface area contributed by atoms with E-state index in [4.69, 9.17) is 0 Å². The van der Waals surface area contributed by atoms with Crippen LogP contribution in [0.5, 0.6) is 0 Å². The molecule has 1 aliphatic heterocycles. The zero-order valence-corrected chi connectivity index (χ0v) is 15.0. The molecule has 0 bridgehead atoms. The molecule has 2 N–H and O–H groups in total. The molecule has 1 aliphatic rings. The number of hydrogen-bond acceptors (Lipinski definition) is 3. The Kier molecular flexibility index (Phi) is 8.92. The molecule has 0 amide bonds. The van der Waals surface area contributed by atoms with Gasteiger partial charge in [-0.05, 0) is 18.8 Å². The Balaban J connectivity index is 0.00000324. The summed E-state index contributed by atoms with van der Waals surface area (Å²) in [7, 11) is -1.35. The van der Waals surface area contributed by atoms with Gasteiger partial charge in [0.2, 0.25) is 10.0 Å². The Morgan fingerprint density at radius 2 is 1.89 bits per heavy atom. The van der Waals surface area contributed by atoms with Gasteiger partial charge in [-0.15, -0.1) is 24.0 Å². The molecule has 0 aromatic rings. The molecule has 0 aliphatic carbocycles. The maximum absolute atomic E-state index is 10.9. The van der Waals surface area contributed by atoms with Crippen molar-refractivity contribution in [3.63, 3.8) is 0 Å². The minimum atomic E-state index is -3.10. The Hall–Kier alpha value is -0.0900. The first-order chi connectivity index (χ1) is 8.42. The highest BCUT2D eigenvalue weighted by Crippen LogP contribution is 2.15. The van der Waals surface area contributed by atoms with Crippen LogP contribution in [0.1, 0.15) is 19.8 Å². The van der Waals surface area contributed by atoms with Gasteiger partial charge in [0.05, 0.1) is 6.26 Å². The summed E-state index contributed by atoms with van der Waals surface area (Å²) in [6, 6.07) is 0. The molecule has 6 nitrogen and oxygen atoms in total. The fourth-order valence-electron chi connectivity index (χ4n) is 1.96. The predicted octanol–water partition coefficient (Wildman–Crippen LogP) is 0.461. The van der Waals surface area contributed by atoms with Crippen molar-refractivity contribution in [3.8, 4) is 0 Å². The third-order valence-corrected chi connectivity index (χ3v) is 3.80. The van der Waals surface area contributed by atoms with Gasteiger partial charge < -0.3 is 10.2 Å². The van der Waals surface area contributed by atoms with Crippen LogP contribution in [0, 0.1) is 5.92 Å². The lowest BCUT2D eigenvalue weighted by molar-refractivity contribution is 0.273. The number of sulfonamides is 1. The van der Waals surface area contributed by atoms with Crippen LogP contribution in [0.25, 0.3) is 0 Å². The van der Waals surface area contributed by atoms with E-state index in [1.54, 1.807) is 7.05 Å². The van der Waals surface area contributed by atoms with Crippen LogP contribution in [0.2, 0.25) is 0 Å². The molecule has 1 saturated heterocycles. The van der Waals surface area contributed by atoms with Crippen molar-refractivity contribution >= 4 is 40.0 Å². The van der Waals surface area contributed by atoms with Crippen molar-refractivity contribution in [2.45, 2.75) is 19.8 Å². The van der Waals surface area contributed by atoms with E-state index in [1.807, 2.05) is 0 Å². The SMILES string of the molecule is CN=C(NCCNS(C)(=O)=O)N1CCC(C)CC1.I. The molecule has 114 valence electrons. The summed E-state index contributed by atoms with van der Waals surface area (Å²) < 4.78 is 24.3. The van der Waals surface area contributed by atoms with Crippen LogP contribution in [0.4, 0.5) is 0 Å². The fourth-order valence-corrected chi connectivity index (χ4v) is 2.44. The first-order valence-corrected chi connectivity index (χ1v) is 8.21. The molecule has 8 heteroatoms. The Morgan fingerprint density at radius 1 is 1.32 bits per heavy atom. The minimum Gasteiger partial charge on any atom is -0.355 e. The zero-order chi connectivity index (χ0) is 13.6. The molecule has 0 saturated carbocycles. The van der Waals surface area contributed by atoms with E-state index < -0.39 is 10.0 Å². The highest BCUT2D eigenvalue weighted by atomic mass is 127. The summed E-state index contributed by atoms with van der Waals surface area (Å²) in [5.74, 6) is 1.64. The van der Waals surface area contributed by atoms with Crippen LogP contribution < -0.4 is 10.0 Å². The van der Waals surface area contributed by atoms with Crippen molar-refractivity contribution < 1.29 is 8.42 Å². The number of piperidine rings is 1. The molecule has 0 aromatic heterocycles. The summed E-state index contributed by atoms with van der Waals surface area (Å²) >= 11 is 0. The second kappa shape index (κ2) is 8.96. The average Bonchev–Trinajstić information content (AvgIpc) is 2.29. The molecule has 19 heavy (non-hydrogen) atoms. The lowest BCUT2D eigenvalue weighted by Gasteiger charge is -2.32. The van der Waals surface area contributed by atoms with Gasteiger partial charge >= 0.3 is 0 Å². The second-order valence-corrected chi connectivity index (χ2v) is 6.64. The number of aliphatic imine (C=N–C) groups is 1.